The Morgan fingerprint density at radius 3 is 2.76 bits per heavy atom. The molecule has 0 heterocycles. The van der Waals surface area contributed by atoms with E-state index in [1.807, 2.05) is 20.0 Å². The molecule has 0 fully saturated rings. The Labute approximate surface area is 123 Å². The van der Waals surface area contributed by atoms with Gasteiger partial charge >= 0.3 is 0 Å². The molecule has 0 unspecified atom stereocenters. The number of hydrogen-bond acceptors (Lipinski definition) is 2. The second-order valence-corrected chi connectivity index (χ2v) is 3.52. The van der Waals surface area contributed by atoms with Crippen LogP contribution in [-0.2, 0) is 4.74 Å². The van der Waals surface area contributed by atoms with Crippen LogP contribution in [-0.4, -0.2) is 51.3 Å². The molecule has 1 N–H and O–H groups in total. The van der Waals surface area contributed by atoms with E-state index in [1.165, 1.54) is 0 Å². The molecule has 0 aliphatic carbocycles. The zero-order valence-corrected chi connectivity index (χ0v) is 13.6. The molecule has 0 aromatic carbocycles. The predicted molar refractivity (Wildman–Crippen MR) is 85.3 cm³/mol. The van der Waals surface area contributed by atoms with Crippen molar-refractivity contribution in [1.82, 2.24) is 10.2 Å². The Morgan fingerprint density at radius 2 is 2.24 bits per heavy atom. The maximum absolute atomic E-state index is 5.26. The summed E-state index contributed by atoms with van der Waals surface area (Å²) in [5.74, 6) is 0.920. The van der Waals surface area contributed by atoms with E-state index in [0.29, 0.717) is 0 Å². The van der Waals surface area contributed by atoms with Gasteiger partial charge in [-0.25, -0.2) is 0 Å². The smallest absolute Gasteiger partial charge is 0.193 e. The normalized spacial score (nSPS) is 10.6. The summed E-state index contributed by atoms with van der Waals surface area (Å²) in [5, 5.41) is 3.26. The van der Waals surface area contributed by atoms with Crippen LogP contribution in [0.15, 0.2) is 17.6 Å². The first-order valence-electron chi connectivity index (χ1n) is 5.86. The minimum Gasteiger partial charge on any atom is -0.380 e. The van der Waals surface area contributed by atoms with Gasteiger partial charge in [-0.2, -0.15) is 0 Å². The summed E-state index contributed by atoms with van der Waals surface area (Å²) >= 11 is 0. The van der Waals surface area contributed by atoms with E-state index >= 15 is 0 Å². The van der Waals surface area contributed by atoms with Gasteiger partial charge in [0.15, 0.2) is 5.96 Å². The van der Waals surface area contributed by atoms with Crippen molar-refractivity contribution < 1.29 is 4.74 Å². The Morgan fingerprint density at radius 1 is 1.53 bits per heavy atom. The van der Waals surface area contributed by atoms with Crippen molar-refractivity contribution in [3.05, 3.63) is 12.7 Å². The number of rotatable bonds is 8. The number of halogens is 1. The zero-order valence-electron chi connectivity index (χ0n) is 11.2. The zero-order chi connectivity index (χ0) is 12.2. The third kappa shape index (κ3) is 10.6. The molecule has 0 aromatic rings. The lowest BCUT2D eigenvalue weighted by molar-refractivity contribution is 0.152. The van der Waals surface area contributed by atoms with Crippen molar-refractivity contribution in [3.63, 3.8) is 0 Å². The molecule has 17 heavy (non-hydrogen) atoms. The summed E-state index contributed by atoms with van der Waals surface area (Å²) < 4.78 is 5.26. The van der Waals surface area contributed by atoms with Crippen LogP contribution < -0.4 is 5.32 Å². The molecule has 0 aliphatic rings. The molecule has 5 heteroatoms. The highest BCUT2D eigenvalue weighted by Crippen LogP contribution is 1.93. The van der Waals surface area contributed by atoms with Crippen LogP contribution in [0.1, 0.15) is 19.8 Å². The van der Waals surface area contributed by atoms with Gasteiger partial charge in [0, 0.05) is 33.8 Å². The van der Waals surface area contributed by atoms with Crippen molar-refractivity contribution in [1.29, 1.82) is 0 Å². The molecular formula is C12H26IN3O. The molecule has 0 spiro atoms. The number of allylic oxidation sites excluding steroid dienone is 1. The molecule has 0 amide bonds. The van der Waals surface area contributed by atoms with E-state index in [2.05, 4.69) is 21.8 Å². The fraction of sp³-hybridized carbons (Fsp3) is 0.750. The van der Waals surface area contributed by atoms with Gasteiger partial charge in [0.05, 0.1) is 6.61 Å². The molecule has 0 radical (unpaired) electrons. The molecule has 0 bridgehead atoms. The quantitative estimate of drug-likeness (QED) is 0.238. The van der Waals surface area contributed by atoms with Crippen LogP contribution in [0.4, 0.5) is 0 Å². The molecule has 0 saturated carbocycles. The van der Waals surface area contributed by atoms with E-state index in [0.717, 1.165) is 45.1 Å². The summed E-state index contributed by atoms with van der Waals surface area (Å²) in [6.45, 7) is 8.97. The van der Waals surface area contributed by atoms with E-state index in [-0.39, 0.29) is 24.0 Å². The lowest BCUT2D eigenvalue weighted by Gasteiger charge is -2.21. The van der Waals surface area contributed by atoms with Gasteiger partial charge in [-0.1, -0.05) is 6.08 Å². The van der Waals surface area contributed by atoms with E-state index in [4.69, 9.17) is 4.74 Å². The van der Waals surface area contributed by atoms with Crippen LogP contribution in [0, 0.1) is 0 Å². The summed E-state index contributed by atoms with van der Waals surface area (Å²) in [4.78, 5) is 6.33. The summed E-state index contributed by atoms with van der Waals surface area (Å²) in [7, 11) is 3.84. The average Bonchev–Trinajstić information content (AvgIpc) is 2.29. The largest absolute Gasteiger partial charge is 0.380 e. The van der Waals surface area contributed by atoms with Gasteiger partial charge in [-0.15, -0.1) is 30.6 Å². The third-order valence-corrected chi connectivity index (χ3v) is 2.21. The topological polar surface area (TPSA) is 36.9 Å². The van der Waals surface area contributed by atoms with Crippen LogP contribution in [0.2, 0.25) is 0 Å². The number of nitrogens with zero attached hydrogens (tertiary/aromatic N) is 2. The Balaban J connectivity index is 0. The first-order valence-corrected chi connectivity index (χ1v) is 5.86. The first-order chi connectivity index (χ1) is 7.76. The maximum atomic E-state index is 5.26. The van der Waals surface area contributed by atoms with Crippen LogP contribution in [0.25, 0.3) is 0 Å². The van der Waals surface area contributed by atoms with Crippen molar-refractivity contribution in [2.45, 2.75) is 19.8 Å². The monoisotopic (exact) mass is 355 g/mol. The SMILES string of the molecule is C=CCCCN(C)C(=NC)NCCOCC.I. The molecule has 4 nitrogen and oxygen atoms in total. The van der Waals surface area contributed by atoms with Crippen LogP contribution in [0.3, 0.4) is 0 Å². The number of ether oxygens (including phenoxy) is 1. The average molecular weight is 355 g/mol. The van der Waals surface area contributed by atoms with Crippen molar-refractivity contribution in [2.24, 2.45) is 4.99 Å². The molecule has 0 aromatic heterocycles. The molecule has 102 valence electrons. The van der Waals surface area contributed by atoms with E-state index in [1.54, 1.807) is 7.05 Å². The number of unbranched alkanes of at least 4 members (excludes halogenated alkanes) is 1. The molecule has 0 rings (SSSR count). The van der Waals surface area contributed by atoms with Gasteiger partial charge in [-0.3, -0.25) is 4.99 Å². The highest BCUT2D eigenvalue weighted by atomic mass is 127. The van der Waals surface area contributed by atoms with E-state index < -0.39 is 0 Å². The summed E-state index contributed by atoms with van der Waals surface area (Å²) in [6, 6.07) is 0. The third-order valence-electron chi connectivity index (χ3n) is 2.21. The standard InChI is InChI=1S/C12H25N3O.HI/c1-5-7-8-10-15(4)12(13-3)14-9-11-16-6-2;/h5H,1,6-11H2,2-4H3,(H,13,14);1H. The lowest BCUT2D eigenvalue weighted by atomic mass is 10.3. The summed E-state index contributed by atoms with van der Waals surface area (Å²) in [5.41, 5.74) is 0. The van der Waals surface area contributed by atoms with Gasteiger partial charge in [-0.05, 0) is 19.8 Å². The molecule has 0 aliphatic heterocycles. The lowest BCUT2D eigenvalue weighted by Crippen LogP contribution is -2.40. The van der Waals surface area contributed by atoms with Gasteiger partial charge in [0.2, 0.25) is 0 Å². The van der Waals surface area contributed by atoms with Crippen molar-refractivity contribution >= 4 is 29.9 Å². The Hall–Kier alpha value is -0.300. The highest BCUT2D eigenvalue weighted by molar-refractivity contribution is 14.0. The number of guanidine groups is 1. The van der Waals surface area contributed by atoms with Gasteiger partial charge < -0.3 is 15.0 Å². The Bertz CT molecular complexity index is 210. The fourth-order valence-corrected chi connectivity index (χ4v) is 1.34. The van der Waals surface area contributed by atoms with Crippen LogP contribution >= 0.6 is 24.0 Å². The fourth-order valence-electron chi connectivity index (χ4n) is 1.34. The minimum atomic E-state index is 0. The summed E-state index contributed by atoms with van der Waals surface area (Å²) in [6.07, 6.45) is 4.09. The van der Waals surface area contributed by atoms with E-state index in [9.17, 15) is 0 Å². The van der Waals surface area contributed by atoms with Crippen LogP contribution in [0.5, 0.6) is 0 Å². The Kier molecular flexibility index (Phi) is 15.4. The first kappa shape index (κ1) is 19.0. The van der Waals surface area contributed by atoms with Crippen molar-refractivity contribution in [2.75, 3.05) is 40.4 Å². The molecular weight excluding hydrogens is 329 g/mol. The van der Waals surface area contributed by atoms with Crippen molar-refractivity contribution in [3.8, 4) is 0 Å². The maximum Gasteiger partial charge on any atom is 0.193 e. The number of hydrogen-bond donors (Lipinski definition) is 1. The predicted octanol–water partition coefficient (Wildman–Crippen LogP) is 2.11. The number of aliphatic imine (C=N–C) groups is 1. The van der Waals surface area contributed by atoms with Gasteiger partial charge in [0.1, 0.15) is 0 Å². The minimum absolute atomic E-state index is 0. The second-order valence-electron chi connectivity index (χ2n) is 3.52. The number of nitrogens with one attached hydrogen (secondary N) is 1. The molecule has 0 atom stereocenters. The molecule has 0 saturated heterocycles. The highest BCUT2D eigenvalue weighted by Gasteiger charge is 2.03. The van der Waals surface area contributed by atoms with Gasteiger partial charge in [0.25, 0.3) is 0 Å². The second kappa shape index (κ2) is 13.8.